The first kappa shape index (κ1) is 11.5. The van der Waals surface area contributed by atoms with Crippen LogP contribution in [0.3, 0.4) is 0 Å². The van der Waals surface area contributed by atoms with Crippen LogP contribution in [0.15, 0.2) is 30.3 Å². The largest absolute Gasteiger partial charge is 0.294 e. The number of benzene rings is 2. The lowest BCUT2D eigenvalue weighted by Gasteiger charge is -2.11. The van der Waals surface area contributed by atoms with Gasteiger partial charge in [0.1, 0.15) is 0 Å². The molecule has 0 N–H and O–H groups in total. The van der Waals surface area contributed by atoms with Gasteiger partial charge in [-0.2, -0.15) is 0 Å². The van der Waals surface area contributed by atoms with Gasteiger partial charge in [-0.25, -0.2) is 0 Å². The quantitative estimate of drug-likeness (QED) is 0.733. The van der Waals surface area contributed by atoms with Gasteiger partial charge in [0.25, 0.3) is 0 Å². The second-order valence-electron chi connectivity index (χ2n) is 5.29. The molecule has 2 aromatic rings. The fourth-order valence-corrected chi connectivity index (χ4v) is 2.91. The number of carbonyl (C=O) groups excluding carboxylic acids is 1. The SMILES string of the molecule is CCC(C)C(=O)c1ccc2c3c(cccc13)CC2. The van der Waals surface area contributed by atoms with Crippen molar-refractivity contribution < 1.29 is 4.79 Å². The van der Waals surface area contributed by atoms with E-state index in [-0.39, 0.29) is 11.7 Å². The van der Waals surface area contributed by atoms with Crippen molar-refractivity contribution in [1.29, 1.82) is 0 Å². The Morgan fingerprint density at radius 1 is 1.17 bits per heavy atom. The van der Waals surface area contributed by atoms with Crippen LogP contribution in [0.2, 0.25) is 0 Å². The summed E-state index contributed by atoms with van der Waals surface area (Å²) >= 11 is 0. The summed E-state index contributed by atoms with van der Waals surface area (Å²) < 4.78 is 0. The van der Waals surface area contributed by atoms with Gasteiger partial charge in [0.2, 0.25) is 0 Å². The maximum Gasteiger partial charge on any atom is 0.166 e. The minimum absolute atomic E-state index is 0.114. The smallest absolute Gasteiger partial charge is 0.166 e. The third kappa shape index (κ3) is 1.58. The van der Waals surface area contributed by atoms with Gasteiger partial charge in [0, 0.05) is 11.5 Å². The predicted molar refractivity (Wildman–Crippen MR) is 75.1 cm³/mol. The molecule has 1 aliphatic rings. The molecule has 0 heterocycles. The van der Waals surface area contributed by atoms with Crippen LogP contribution >= 0.6 is 0 Å². The van der Waals surface area contributed by atoms with Crippen LogP contribution in [0.5, 0.6) is 0 Å². The van der Waals surface area contributed by atoms with Gasteiger partial charge in [-0.15, -0.1) is 0 Å². The average Bonchev–Trinajstić information content (AvgIpc) is 2.83. The molecule has 92 valence electrons. The first-order chi connectivity index (χ1) is 8.72. The summed E-state index contributed by atoms with van der Waals surface area (Å²) in [7, 11) is 0. The second kappa shape index (κ2) is 4.24. The van der Waals surface area contributed by atoms with Crippen LogP contribution in [0.4, 0.5) is 0 Å². The van der Waals surface area contributed by atoms with Crippen LogP contribution in [-0.2, 0) is 12.8 Å². The number of hydrogen-bond acceptors (Lipinski definition) is 1. The van der Waals surface area contributed by atoms with Crippen LogP contribution < -0.4 is 0 Å². The molecule has 0 radical (unpaired) electrons. The fourth-order valence-electron chi connectivity index (χ4n) is 2.91. The topological polar surface area (TPSA) is 17.1 Å². The molecule has 0 fully saturated rings. The normalized spacial score (nSPS) is 15.0. The molecule has 0 spiro atoms. The number of rotatable bonds is 3. The van der Waals surface area contributed by atoms with Crippen molar-refractivity contribution in [3.8, 4) is 0 Å². The molecular weight excluding hydrogens is 220 g/mol. The summed E-state index contributed by atoms with van der Waals surface area (Å²) in [5, 5.41) is 2.50. The van der Waals surface area contributed by atoms with Gasteiger partial charge in [-0.05, 0) is 41.2 Å². The Kier molecular flexibility index (Phi) is 2.70. The van der Waals surface area contributed by atoms with Gasteiger partial charge < -0.3 is 0 Å². The average molecular weight is 238 g/mol. The van der Waals surface area contributed by atoms with Crippen LogP contribution in [0.25, 0.3) is 10.8 Å². The monoisotopic (exact) mass is 238 g/mol. The third-order valence-corrected chi connectivity index (χ3v) is 4.20. The van der Waals surface area contributed by atoms with E-state index in [1.54, 1.807) is 0 Å². The number of hydrogen-bond donors (Lipinski definition) is 0. The highest BCUT2D eigenvalue weighted by Crippen LogP contribution is 2.33. The van der Waals surface area contributed by atoms with Gasteiger partial charge in [0.15, 0.2) is 5.78 Å². The second-order valence-corrected chi connectivity index (χ2v) is 5.29. The van der Waals surface area contributed by atoms with Crippen LogP contribution in [0, 0.1) is 5.92 Å². The van der Waals surface area contributed by atoms with Gasteiger partial charge in [-0.1, -0.05) is 44.2 Å². The zero-order chi connectivity index (χ0) is 12.7. The summed E-state index contributed by atoms with van der Waals surface area (Å²) in [5.74, 6) is 0.400. The molecule has 1 aliphatic carbocycles. The van der Waals surface area contributed by atoms with Crippen molar-refractivity contribution >= 4 is 16.6 Å². The maximum absolute atomic E-state index is 12.4. The third-order valence-electron chi connectivity index (χ3n) is 4.20. The van der Waals surface area contributed by atoms with E-state index in [4.69, 9.17) is 0 Å². The molecule has 3 rings (SSSR count). The molecule has 18 heavy (non-hydrogen) atoms. The minimum atomic E-state index is 0.114. The Labute approximate surface area is 108 Å². The number of Topliss-reactive ketones (excluding diaryl/α,β-unsaturated/α-hetero) is 1. The summed E-state index contributed by atoms with van der Waals surface area (Å²) in [6.45, 7) is 4.09. The van der Waals surface area contributed by atoms with Crippen molar-refractivity contribution in [1.82, 2.24) is 0 Å². The van der Waals surface area contributed by atoms with Gasteiger partial charge in [-0.3, -0.25) is 4.79 Å². The standard InChI is InChI=1S/C17H18O/c1-3-11(2)17(18)15-10-9-13-8-7-12-5-4-6-14(15)16(12)13/h4-6,9-11H,3,7-8H2,1-2H3. The molecule has 1 heteroatoms. The zero-order valence-corrected chi connectivity index (χ0v) is 11.0. The van der Waals surface area contributed by atoms with Gasteiger partial charge in [0.05, 0.1) is 0 Å². The molecule has 0 bridgehead atoms. The van der Waals surface area contributed by atoms with E-state index in [1.165, 1.54) is 16.5 Å². The lowest BCUT2D eigenvalue weighted by atomic mass is 9.91. The van der Waals surface area contributed by atoms with Crippen molar-refractivity contribution in [3.63, 3.8) is 0 Å². The Morgan fingerprint density at radius 2 is 1.89 bits per heavy atom. The Morgan fingerprint density at radius 3 is 2.61 bits per heavy atom. The first-order valence-electron chi connectivity index (χ1n) is 6.80. The molecular formula is C17H18O. The Bertz CT molecular complexity index is 615. The lowest BCUT2D eigenvalue weighted by molar-refractivity contribution is 0.0929. The molecule has 1 atom stereocenters. The molecule has 2 aromatic carbocycles. The highest BCUT2D eigenvalue weighted by atomic mass is 16.1. The molecule has 1 nitrogen and oxygen atoms in total. The molecule has 0 amide bonds. The van der Waals surface area contributed by atoms with E-state index in [2.05, 4.69) is 31.2 Å². The Hall–Kier alpha value is -1.63. The van der Waals surface area contributed by atoms with Crippen LogP contribution in [-0.4, -0.2) is 5.78 Å². The zero-order valence-electron chi connectivity index (χ0n) is 11.0. The summed E-state index contributed by atoms with van der Waals surface area (Å²) in [5.41, 5.74) is 3.72. The Balaban J connectivity index is 2.24. The molecule has 0 aromatic heterocycles. The predicted octanol–water partition coefficient (Wildman–Crippen LogP) is 4.17. The van der Waals surface area contributed by atoms with Gasteiger partial charge >= 0.3 is 0 Å². The van der Waals surface area contributed by atoms with E-state index < -0.39 is 0 Å². The van der Waals surface area contributed by atoms with Crippen molar-refractivity contribution in [2.75, 3.05) is 0 Å². The van der Waals surface area contributed by atoms with Crippen LogP contribution in [0.1, 0.15) is 41.8 Å². The number of carbonyl (C=O) groups is 1. The van der Waals surface area contributed by atoms with E-state index in [0.29, 0.717) is 0 Å². The highest BCUT2D eigenvalue weighted by Gasteiger charge is 2.20. The van der Waals surface area contributed by atoms with Crippen molar-refractivity contribution in [3.05, 3.63) is 47.0 Å². The molecule has 1 unspecified atom stereocenters. The molecule has 0 saturated carbocycles. The minimum Gasteiger partial charge on any atom is -0.294 e. The highest BCUT2D eigenvalue weighted by molar-refractivity contribution is 6.10. The van der Waals surface area contributed by atoms with E-state index in [9.17, 15) is 4.79 Å². The first-order valence-corrected chi connectivity index (χ1v) is 6.80. The summed E-state index contributed by atoms with van der Waals surface area (Å²) in [4.78, 5) is 12.4. The molecule has 0 aliphatic heterocycles. The van der Waals surface area contributed by atoms with Crippen molar-refractivity contribution in [2.24, 2.45) is 5.92 Å². The molecule has 0 saturated heterocycles. The lowest BCUT2D eigenvalue weighted by Crippen LogP contribution is -2.10. The van der Waals surface area contributed by atoms with Crippen molar-refractivity contribution in [2.45, 2.75) is 33.1 Å². The summed E-state index contributed by atoms with van der Waals surface area (Å²) in [6.07, 6.45) is 3.14. The fraction of sp³-hybridized carbons (Fsp3) is 0.353. The summed E-state index contributed by atoms with van der Waals surface area (Å²) in [6, 6.07) is 10.6. The maximum atomic E-state index is 12.4. The van der Waals surface area contributed by atoms with E-state index >= 15 is 0 Å². The van der Waals surface area contributed by atoms with E-state index in [1.807, 2.05) is 13.0 Å². The number of aryl methyl sites for hydroxylation is 2. The van der Waals surface area contributed by atoms with E-state index in [0.717, 1.165) is 30.2 Å². The number of ketones is 1.